The van der Waals surface area contributed by atoms with Crippen molar-refractivity contribution in [3.05, 3.63) is 0 Å². The molecule has 3 N–H and O–H groups in total. The Hall–Kier alpha value is -0.610. The van der Waals surface area contributed by atoms with Crippen molar-refractivity contribution >= 4 is 5.91 Å². The van der Waals surface area contributed by atoms with E-state index in [2.05, 4.69) is 12.2 Å². The van der Waals surface area contributed by atoms with E-state index in [9.17, 15) is 4.79 Å². The highest BCUT2D eigenvalue weighted by atomic mass is 16.5. The lowest BCUT2D eigenvalue weighted by molar-refractivity contribution is -0.134. The summed E-state index contributed by atoms with van der Waals surface area (Å²) in [5.41, 5.74) is 5.60. The fraction of sp³-hybridized carbons (Fsp3) is 0.929. The molecule has 0 atom stereocenters. The number of hydrogen-bond acceptors (Lipinski definition) is 3. The zero-order chi connectivity index (χ0) is 13.0. The number of carbonyl (C=O) groups is 1. The van der Waals surface area contributed by atoms with Gasteiger partial charge in [-0.05, 0) is 44.4 Å². The maximum Gasteiger partial charge on any atom is 0.227 e. The topological polar surface area (TPSA) is 64.4 Å². The maximum atomic E-state index is 12.5. The summed E-state index contributed by atoms with van der Waals surface area (Å²) in [6.07, 6.45) is 6.00. The average Bonchev–Trinajstić information content (AvgIpc) is 2.41. The normalized spacial score (nSPS) is 34.2. The van der Waals surface area contributed by atoms with Gasteiger partial charge in [0.25, 0.3) is 0 Å². The lowest BCUT2D eigenvalue weighted by Gasteiger charge is -2.38. The maximum absolute atomic E-state index is 12.5. The molecular weight excluding hydrogens is 228 g/mol. The fourth-order valence-corrected chi connectivity index (χ4v) is 3.02. The van der Waals surface area contributed by atoms with Gasteiger partial charge in [-0.3, -0.25) is 4.79 Å². The first-order chi connectivity index (χ1) is 8.66. The Labute approximate surface area is 110 Å². The molecular formula is C14H26N2O2. The number of carbonyl (C=O) groups excluding carboxylic acids is 1. The van der Waals surface area contributed by atoms with Crippen molar-refractivity contribution in [2.24, 2.45) is 17.1 Å². The third-order valence-electron chi connectivity index (χ3n) is 4.66. The van der Waals surface area contributed by atoms with Crippen molar-refractivity contribution in [2.45, 2.75) is 51.5 Å². The van der Waals surface area contributed by atoms with Gasteiger partial charge in [0.2, 0.25) is 5.91 Å². The van der Waals surface area contributed by atoms with E-state index in [1.165, 1.54) is 0 Å². The van der Waals surface area contributed by atoms with Crippen LogP contribution in [0.3, 0.4) is 0 Å². The first-order valence-corrected chi connectivity index (χ1v) is 7.25. The molecule has 1 saturated heterocycles. The Kier molecular flexibility index (Phi) is 4.62. The fourth-order valence-electron chi connectivity index (χ4n) is 3.02. The Bertz CT molecular complexity index is 280. The number of hydrogen-bond donors (Lipinski definition) is 2. The predicted octanol–water partition coefficient (Wildman–Crippen LogP) is 1.44. The van der Waals surface area contributed by atoms with Crippen LogP contribution in [0.25, 0.3) is 0 Å². The molecule has 1 heterocycles. The summed E-state index contributed by atoms with van der Waals surface area (Å²) in [4.78, 5) is 12.5. The van der Waals surface area contributed by atoms with Crippen molar-refractivity contribution < 1.29 is 9.53 Å². The zero-order valence-electron chi connectivity index (χ0n) is 11.4. The van der Waals surface area contributed by atoms with Crippen LogP contribution in [0.4, 0.5) is 0 Å². The van der Waals surface area contributed by atoms with E-state index >= 15 is 0 Å². The molecule has 0 aromatic rings. The zero-order valence-corrected chi connectivity index (χ0v) is 11.4. The summed E-state index contributed by atoms with van der Waals surface area (Å²) in [5, 5.41) is 3.20. The van der Waals surface area contributed by atoms with E-state index in [1.807, 2.05) is 0 Å². The number of amides is 1. The van der Waals surface area contributed by atoms with E-state index in [-0.39, 0.29) is 17.4 Å². The van der Waals surface area contributed by atoms with E-state index in [1.54, 1.807) is 0 Å². The van der Waals surface area contributed by atoms with Gasteiger partial charge in [0.1, 0.15) is 0 Å². The van der Waals surface area contributed by atoms with Crippen LogP contribution in [-0.4, -0.2) is 31.7 Å². The summed E-state index contributed by atoms with van der Waals surface area (Å²) in [6, 6.07) is 0.286. The molecule has 2 fully saturated rings. The van der Waals surface area contributed by atoms with E-state index in [0.717, 1.165) is 57.7 Å². The highest BCUT2D eigenvalue weighted by Gasteiger charge is 2.40. The summed E-state index contributed by atoms with van der Waals surface area (Å²) in [6.45, 7) is 4.26. The lowest BCUT2D eigenvalue weighted by Crippen LogP contribution is -2.51. The molecule has 18 heavy (non-hydrogen) atoms. The van der Waals surface area contributed by atoms with Crippen molar-refractivity contribution in [1.82, 2.24) is 5.32 Å². The van der Waals surface area contributed by atoms with Crippen LogP contribution in [0.2, 0.25) is 0 Å². The van der Waals surface area contributed by atoms with Crippen LogP contribution >= 0.6 is 0 Å². The second-order valence-electron chi connectivity index (χ2n) is 6.03. The van der Waals surface area contributed by atoms with Gasteiger partial charge in [0, 0.05) is 25.8 Å². The van der Waals surface area contributed by atoms with Gasteiger partial charge in [0.05, 0.1) is 5.41 Å². The summed E-state index contributed by atoms with van der Waals surface area (Å²) in [7, 11) is 0. The SMILES string of the molecule is CC1CCC(CN)(C(=O)NC2CCOCC2)CC1. The largest absolute Gasteiger partial charge is 0.381 e. The van der Waals surface area contributed by atoms with Gasteiger partial charge in [-0.25, -0.2) is 0 Å². The smallest absolute Gasteiger partial charge is 0.227 e. The summed E-state index contributed by atoms with van der Waals surface area (Å²) < 4.78 is 5.32. The molecule has 0 aromatic carbocycles. The first-order valence-electron chi connectivity index (χ1n) is 7.25. The number of nitrogens with one attached hydrogen (secondary N) is 1. The van der Waals surface area contributed by atoms with Gasteiger partial charge in [-0.2, -0.15) is 0 Å². The van der Waals surface area contributed by atoms with Gasteiger partial charge < -0.3 is 15.8 Å². The number of rotatable bonds is 3. The highest BCUT2D eigenvalue weighted by molar-refractivity contribution is 5.83. The monoisotopic (exact) mass is 254 g/mol. The van der Waals surface area contributed by atoms with Crippen LogP contribution < -0.4 is 11.1 Å². The third kappa shape index (κ3) is 3.04. The highest BCUT2D eigenvalue weighted by Crippen LogP contribution is 2.38. The van der Waals surface area contributed by atoms with Crippen molar-refractivity contribution in [3.63, 3.8) is 0 Å². The molecule has 2 rings (SSSR count). The molecule has 1 saturated carbocycles. The summed E-state index contributed by atoms with van der Waals surface area (Å²) in [5.74, 6) is 0.921. The number of nitrogens with two attached hydrogens (primary N) is 1. The molecule has 1 aliphatic carbocycles. The van der Waals surface area contributed by atoms with Crippen molar-refractivity contribution in [3.8, 4) is 0 Å². The van der Waals surface area contributed by atoms with Crippen LogP contribution in [-0.2, 0) is 9.53 Å². The number of ether oxygens (including phenoxy) is 1. The third-order valence-corrected chi connectivity index (χ3v) is 4.66. The predicted molar refractivity (Wildman–Crippen MR) is 71.1 cm³/mol. The minimum Gasteiger partial charge on any atom is -0.381 e. The van der Waals surface area contributed by atoms with E-state index in [4.69, 9.17) is 10.5 Å². The van der Waals surface area contributed by atoms with E-state index in [0.29, 0.717) is 6.54 Å². The molecule has 0 radical (unpaired) electrons. The lowest BCUT2D eigenvalue weighted by atomic mass is 9.70. The van der Waals surface area contributed by atoms with Crippen molar-refractivity contribution in [1.29, 1.82) is 0 Å². The minimum atomic E-state index is -0.301. The van der Waals surface area contributed by atoms with Crippen molar-refractivity contribution in [2.75, 3.05) is 19.8 Å². The summed E-state index contributed by atoms with van der Waals surface area (Å²) >= 11 is 0. The van der Waals surface area contributed by atoms with E-state index < -0.39 is 0 Å². The molecule has 0 aromatic heterocycles. The molecule has 2 aliphatic rings. The molecule has 1 amide bonds. The Morgan fingerprint density at radius 2 is 1.89 bits per heavy atom. The van der Waals surface area contributed by atoms with Gasteiger partial charge in [-0.1, -0.05) is 6.92 Å². The average molecular weight is 254 g/mol. The van der Waals surface area contributed by atoms with Crippen LogP contribution in [0.15, 0.2) is 0 Å². The molecule has 0 bridgehead atoms. The van der Waals surface area contributed by atoms with Crippen LogP contribution in [0, 0.1) is 11.3 Å². The Morgan fingerprint density at radius 3 is 2.44 bits per heavy atom. The van der Waals surface area contributed by atoms with Crippen LogP contribution in [0.1, 0.15) is 45.4 Å². The van der Waals surface area contributed by atoms with Gasteiger partial charge >= 0.3 is 0 Å². The van der Waals surface area contributed by atoms with Gasteiger partial charge in [-0.15, -0.1) is 0 Å². The molecule has 0 unspecified atom stereocenters. The second-order valence-corrected chi connectivity index (χ2v) is 6.03. The van der Waals surface area contributed by atoms with Gasteiger partial charge in [0.15, 0.2) is 0 Å². The molecule has 4 heteroatoms. The quantitative estimate of drug-likeness (QED) is 0.801. The first kappa shape index (κ1) is 13.8. The minimum absolute atomic E-state index is 0.184. The standard InChI is InChI=1S/C14H26N2O2/c1-11-2-6-14(10-15,7-3-11)13(17)16-12-4-8-18-9-5-12/h11-12H,2-10,15H2,1H3,(H,16,17). The second kappa shape index (κ2) is 6.02. The molecule has 4 nitrogen and oxygen atoms in total. The molecule has 104 valence electrons. The molecule has 0 spiro atoms. The Balaban J connectivity index is 1.92. The van der Waals surface area contributed by atoms with Crippen LogP contribution in [0.5, 0.6) is 0 Å². The Morgan fingerprint density at radius 1 is 1.28 bits per heavy atom. The molecule has 1 aliphatic heterocycles.